The summed E-state index contributed by atoms with van der Waals surface area (Å²) in [6.07, 6.45) is -0.828. The zero-order valence-corrected chi connectivity index (χ0v) is 13.9. The fourth-order valence-corrected chi connectivity index (χ4v) is 3.87. The van der Waals surface area contributed by atoms with Crippen molar-refractivity contribution in [1.82, 2.24) is 4.90 Å². The zero-order valence-electron chi connectivity index (χ0n) is 12.2. The highest BCUT2D eigenvalue weighted by Crippen LogP contribution is 2.29. The van der Waals surface area contributed by atoms with Gasteiger partial charge in [-0.3, -0.25) is 9.69 Å². The molecule has 2 atom stereocenters. The second-order valence-corrected chi connectivity index (χ2v) is 7.17. The van der Waals surface area contributed by atoms with Gasteiger partial charge in [-0.2, -0.15) is 0 Å². The second kappa shape index (κ2) is 6.36. The quantitative estimate of drug-likeness (QED) is 0.876. The van der Waals surface area contributed by atoms with Crippen LogP contribution < -0.4 is 0 Å². The van der Waals surface area contributed by atoms with Gasteiger partial charge in [0.1, 0.15) is 4.32 Å². The van der Waals surface area contributed by atoms with E-state index >= 15 is 0 Å². The van der Waals surface area contributed by atoms with Gasteiger partial charge in [0.05, 0.1) is 12.0 Å². The highest BCUT2D eigenvalue weighted by atomic mass is 32.2. The molecule has 1 N–H and O–H groups in total. The number of thiocarbonyl (C=S) groups is 1. The smallest absolute Gasteiger partial charge is 0.233 e. The number of hydrogen-bond acceptors (Lipinski definition) is 4. The first-order valence-corrected chi connectivity index (χ1v) is 8.62. The molecule has 1 amide bonds. The van der Waals surface area contributed by atoms with E-state index in [1.807, 2.05) is 42.5 Å². The molecule has 0 saturated carbocycles. The van der Waals surface area contributed by atoms with Crippen molar-refractivity contribution < 1.29 is 9.90 Å². The number of hydrogen-bond donors (Lipinski definition) is 1. The van der Waals surface area contributed by atoms with Gasteiger partial charge in [-0.25, -0.2) is 0 Å². The molecule has 2 aromatic rings. The first-order valence-electron chi connectivity index (χ1n) is 7.23. The van der Waals surface area contributed by atoms with Crippen LogP contribution in [0.5, 0.6) is 0 Å². The highest BCUT2D eigenvalue weighted by molar-refractivity contribution is 8.23. The lowest BCUT2D eigenvalue weighted by Crippen LogP contribution is -2.37. The van der Waals surface area contributed by atoms with Gasteiger partial charge in [0.15, 0.2) is 0 Å². The Balaban J connectivity index is 1.83. The molecule has 0 spiro atoms. The summed E-state index contributed by atoms with van der Waals surface area (Å²) in [7, 11) is 0. The molecular formula is C17H17NO2S2. The van der Waals surface area contributed by atoms with Crippen LogP contribution in [0.1, 0.15) is 18.6 Å². The lowest BCUT2D eigenvalue weighted by molar-refractivity contribution is -0.134. The molecule has 0 aromatic heterocycles. The van der Waals surface area contributed by atoms with E-state index in [2.05, 4.69) is 0 Å². The van der Waals surface area contributed by atoms with Gasteiger partial charge in [0.25, 0.3) is 0 Å². The number of thioether (sulfide) groups is 1. The van der Waals surface area contributed by atoms with E-state index in [1.165, 1.54) is 11.8 Å². The van der Waals surface area contributed by atoms with Crippen molar-refractivity contribution in [1.29, 1.82) is 0 Å². The summed E-state index contributed by atoms with van der Waals surface area (Å²) in [6.45, 7) is 2.39. The van der Waals surface area contributed by atoms with Crippen LogP contribution in [0.2, 0.25) is 0 Å². The third-order valence-corrected chi connectivity index (χ3v) is 5.43. The molecule has 1 aliphatic heterocycles. The number of nitrogens with zero attached hydrogens (tertiary/aromatic N) is 1. The number of rotatable bonds is 3. The van der Waals surface area contributed by atoms with Crippen molar-refractivity contribution in [2.45, 2.75) is 13.0 Å². The minimum Gasteiger partial charge on any atom is -0.388 e. The number of amides is 1. The third kappa shape index (κ3) is 2.89. The van der Waals surface area contributed by atoms with Crippen LogP contribution in [0.25, 0.3) is 10.8 Å². The van der Waals surface area contributed by atoms with Crippen molar-refractivity contribution in [2.24, 2.45) is 5.92 Å². The van der Waals surface area contributed by atoms with E-state index < -0.39 is 12.0 Å². The predicted molar refractivity (Wildman–Crippen MR) is 94.8 cm³/mol. The van der Waals surface area contributed by atoms with Gasteiger partial charge in [-0.15, -0.1) is 0 Å². The van der Waals surface area contributed by atoms with Crippen LogP contribution in [0.3, 0.4) is 0 Å². The number of aliphatic hydroxyl groups is 1. The Morgan fingerprint density at radius 1 is 1.27 bits per heavy atom. The highest BCUT2D eigenvalue weighted by Gasteiger charge is 2.32. The Bertz CT molecular complexity index is 731. The molecule has 5 heteroatoms. The van der Waals surface area contributed by atoms with Crippen molar-refractivity contribution in [3.63, 3.8) is 0 Å². The second-order valence-electron chi connectivity index (χ2n) is 5.44. The maximum Gasteiger partial charge on any atom is 0.233 e. The zero-order chi connectivity index (χ0) is 15.7. The van der Waals surface area contributed by atoms with Crippen molar-refractivity contribution >= 4 is 45.0 Å². The molecule has 0 bridgehead atoms. The Labute approximate surface area is 139 Å². The summed E-state index contributed by atoms with van der Waals surface area (Å²) in [5.41, 5.74) is 0.761. The fraction of sp³-hybridized carbons (Fsp3) is 0.294. The van der Waals surface area contributed by atoms with E-state index in [4.69, 9.17) is 12.2 Å². The minimum atomic E-state index is -0.828. The SMILES string of the molecule is C[C@@H](C(=O)N1CCSC1=S)[C@@H](O)c1ccc2ccccc2c1. The van der Waals surface area contributed by atoms with Crippen molar-refractivity contribution in [3.8, 4) is 0 Å². The van der Waals surface area contributed by atoms with E-state index in [9.17, 15) is 9.90 Å². The number of benzene rings is 2. The molecule has 0 aliphatic carbocycles. The number of fused-ring (bicyclic) bond motifs is 1. The summed E-state index contributed by atoms with van der Waals surface area (Å²) in [5, 5.41) is 12.7. The monoisotopic (exact) mass is 331 g/mol. The van der Waals surface area contributed by atoms with Gasteiger partial charge in [0.2, 0.25) is 5.91 Å². The molecule has 1 aliphatic rings. The Morgan fingerprint density at radius 3 is 2.68 bits per heavy atom. The third-order valence-electron chi connectivity index (χ3n) is 4.01. The summed E-state index contributed by atoms with van der Waals surface area (Å²) < 4.78 is 0.613. The van der Waals surface area contributed by atoms with Crippen LogP contribution in [0.15, 0.2) is 42.5 Å². The van der Waals surface area contributed by atoms with Crippen molar-refractivity contribution in [2.75, 3.05) is 12.3 Å². The van der Waals surface area contributed by atoms with Gasteiger partial charge in [-0.05, 0) is 22.4 Å². The summed E-state index contributed by atoms with van der Waals surface area (Å²) in [5.74, 6) is 0.220. The van der Waals surface area contributed by atoms with Gasteiger partial charge in [0, 0.05) is 12.3 Å². The van der Waals surface area contributed by atoms with E-state index in [0.29, 0.717) is 10.9 Å². The number of carbonyl (C=O) groups excluding carboxylic acids is 1. The summed E-state index contributed by atoms with van der Waals surface area (Å²) >= 11 is 6.70. The molecule has 3 nitrogen and oxygen atoms in total. The molecule has 22 heavy (non-hydrogen) atoms. The summed E-state index contributed by atoms with van der Waals surface area (Å²) in [6, 6.07) is 13.8. The molecule has 3 rings (SSSR count). The lowest BCUT2D eigenvalue weighted by Gasteiger charge is -2.24. The van der Waals surface area contributed by atoms with E-state index in [-0.39, 0.29) is 5.91 Å². The Kier molecular flexibility index (Phi) is 4.47. The first-order chi connectivity index (χ1) is 10.6. The van der Waals surface area contributed by atoms with Crippen LogP contribution in [-0.4, -0.2) is 32.5 Å². The first kappa shape index (κ1) is 15.5. The fourth-order valence-electron chi connectivity index (χ4n) is 2.65. The Morgan fingerprint density at radius 2 is 2.00 bits per heavy atom. The Hall–Kier alpha value is -1.43. The number of carbonyl (C=O) groups is 1. The van der Waals surface area contributed by atoms with Crippen molar-refractivity contribution in [3.05, 3.63) is 48.0 Å². The molecule has 1 saturated heterocycles. The van der Waals surface area contributed by atoms with Crippen LogP contribution in [0, 0.1) is 5.92 Å². The number of aliphatic hydroxyl groups excluding tert-OH is 1. The van der Waals surface area contributed by atoms with Crippen LogP contribution in [0.4, 0.5) is 0 Å². The predicted octanol–water partition coefficient (Wildman–Crippen LogP) is 3.37. The van der Waals surface area contributed by atoms with Gasteiger partial charge >= 0.3 is 0 Å². The molecule has 0 unspecified atom stereocenters. The van der Waals surface area contributed by atoms with E-state index in [1.54, 1.807) is 11.8 Å². The molecule has 114 valence electrons. The molecule has 1 fully saturated rings. The average Bonchev–Trinajstić information content (AvgIpc) is 2.98. The van der Waals surface area contributed by atoms with E-state index in [0.717, 1.165) is 22.1 Å². The van der Waals surface area contributed by atoms with Crippen LogP contribution >= 0.6 is 24.0 Å². The molecule has 2 aromatic carbocycles. The van der Waals surface area contributed by atoms with Gasteiger partial charge < -0.3 is 5.11 Å². The lowest BCUT2D eigenvalue weighted by atomic mass is 9.94. The molecular weight excluding hydrogens is 314 g/mol. The maximum atomic E-state index is 12.5. The minimum absolute atomic E-state index is 0.101. The topological polar surface area (TPSA) is 40.5 Å². The standard InChI is InChI=1S/C17H17NO2S2/c1-11(16(20)18-8-9-22-17(18)21)15(19)14-7-6-12-4-2-3-5-13(12)10-14/h2-7,10-11,15,19H,8-9H2,1H3/t11-,15-/m1/s1. The molecule has 1 heterocycles. The summed E-state index contributed by atoms with van der Waals surface area (Å²) in [4.78, 5) is 14.1. The normalized spacial score (nSPS) is 17.7. The maximum absolute atomic E-state index is 12.5. The molecule has 0 radical (unpaired) electrons. The average molecular weight is 331 g/mol. The van der Waals surface area contributed by atoms with Gasteiger partial charge in [-0.1, -0.05) is 67.3 Å². The van der Waals surface area contributed by atoms with Crippen LogP contribution in [-0.2, 0) is 4.79 Å². The largest absolute Gasteiger partial charge is 0.388 e.